The van der Waals surface area contributed by atoms with Crippen LogP contribution in [0.15, 0.2) is 48.8 Å². The van der Waals surface area contributed by atoms with Gasteiger partial charge in [0.15, 0.2) is 0 Å². The van der Waals surface area contributed by atoms with Gasteiger partial charge < -0.3 is 24.6 Å². The summed E-state index contributed by atoms with van der Waals surface area (Å²) in [5.41, 5.74) is 2.77. The quantitative estimate of drug-likeness (QED) is 0.489. The standard InChI is InChI=1S/C26H28Cl2N4O3/c1-16(2)30-24-8-20(21(28)9-29-24)18-7-22-25(34)32(13-26(14-35-15-26)12-31(22)10-18)23(11-33)17-4-3-5-19(27)6-17/h3-10,16,23,33H,11-15H2,1-2H3,(H,29,30)/t23-/m1/s1. The zero-order chi connectivity index (χ0) is 24.7. The maximum atomic E-state index is 13.9. The van der Waals surface area contributed by atoms with Gasteiger partial charge in [-0.2, -0.15) is 0 Å². The fourth-order valence-electron chi connectivity index (χ4n) is 4.92. The number of aliphatic hydroxyl groups excluding tert-OH is 1. The molecular weight excluding hydrogens is 487 g/mol. The number of aromatic nitrogens is 2. The summed E-state index contributed by atoms with van der Waals surface area (Å²) in [6.07, 6.45) is 3.60. The van der Waals surface area contributed by atoms with Gasteiger partial charge in [-0.1, -0.05) is 35.3 Å². The second-order valence-electron chi connectivity index (χ2n) is 9.77. The molecular formula is C26H28Cl2N4O3. The van der Waals surface area contributed by atoms with Crippen molar-refractivity contribution in [2.24, 2.45) is 5.41 Å². The molecule has 5 rings (SSSR count). The molecule has 2 aromatic heterocycles. The zero-order valence-electron chi connectivity index (χ0n) is 19.7. The molecule has 1 amide bonds. The Balaban J connectivity index is 1.56. The second kappa shape index (κ2) is 9.47. The van der Waals surface area contributed by atoms with E-state index in [4.69, 9.17) is 27.9 Å². The number of amides is 1. The molecule has 9 heteroatoms. The van der Waals surface area contributed by atoms with Crippen molar-refractivity contribution in [2.75, 3.05) is 31.7 Å². The molecule has 4 heterocycles. The fraction of sp³-hybridized carbons (Fsp3) is 0.385. The van der Waals surface area contributed by atoms with Crippen LogP contribution in [-0.4, -0.2) is 57.9 Å². The summed E-state index contributed by atoms with van der Waals surface area (Å²) in [5, 5.41) is 14.7. The molecule has 1 atom stereocenters. The lowest BCUT2D eigenvalue weighted by Gasteiger charge is -2.44. The molecule has 2 aliphatic heterocycles. The van der Waals surface area contributed by atoms with E-state index >= 15 is 0 Å². The number of carbonyl (C=O) groups is 1. The van der Waals surface area contributed by atoms with Crippen LogP contribution in [0.25, 0.3) is 11.1 Å². The summed E-state index contributed by atoms with van der Waals surface area (Å²) in [6.45, 7) is 6.10. The molecule has 2 N–H and O–H groups in total. The van der Waals surface area contributed by atoms with E-state index in [1.807, 2.05) is 48.9 Å². The van der Waals surface area contributed by atoms with Gasteiger partial charge in [-0.15, -0.1) is 0 Å². The van der Waals surface area contributed by atoms with Crippen molar-refractivity contribution >= 4 is 34.9 Å². The summed E-state index contributed by atoms with van der Waals surface area (Å²) >= 11 is 12.8. The van der Waals surface area contributed by atoms with Crippen LogP contribution in [-0.2, 0) is 11.3 Å². The van der Waals surface area contributed by atoms with Gasteiger partial charge in [-0.05, 0) is 43.7 Å². The molecule has 35 heavy (non-hydrogen) atoms. The predicted octanol–water partition coefficient (Wildman–Crippen LogP) is 4.88. The Morgan fingerprint density at radius 3 is 2.66 bits per heavy atom. The molecule has 1 aromatic carbocycles. The van der Waals surface area contributed by atoms with Crippen LogP contribution in [0.1, 0.15) is 35.9 Å². The summed E-state index contributed by atoms with van der Waals surface area (Å²) < 4.78 is 7.60. The number of ether oxygens (including phenoxy) is 1. The van der Waals surface area contributed by atoms with Crippen molar-refractivity contribution in [3.8, 4) is 11.1 Å². The number of hydrogen-bond acceptors (Lipinski definition) is 5. The number of hydrogen-bond donors (Lipinski definition) is 2. The largest absolute Gasteiger partial charge is 0.394 e. The summed E-state index contributed by atoms with van der Waals surface area (Å²) in [5.74, 6) is 0.573. The zero-order valence-corrected chi connectivity index (χ0v) is 21.2. The Morgan fingerprint density at radius 2 is 2.00 bits per heavy atom. The van der Waals surface area contributed by atoms with Gasteiger partial charge in [-0.3, -0.25) is 4.79 Å². The van der Waals surface area contributed by atoms with Gasteiger partial charge in [0.1, 0.15) is 11.5 Å². The van der Waals surface area contributed by atoms with Crippen LogP contribution in [0.2, 0.25) is 10.0 Å². The number of halogens is 2. The summed E-state index contributed by atoms with van der Waals surface area (Å²) in [4.78, 5) is 20.1. The number of fused-ring (bicyclic) bond motifs is 1. The van der Waals surface area contributed by atoms with Gasteiger partial charge in [0.05, 0.1) is 36.3 Å². The second-order valence-corrected chi connectivity index (χ2v) is 10.6. The van der Waals surface area contributed by atoms with Gasteiger partial charge >= 0.3 is 0 Å². The number of rotatable bonds is 6. The average Bonchev–Trinajstić information content (AvgIpc) is 3.16. The van der Waals surface area contributed by atoms with E-state index in [-0.39, 0.29) is 24.0 Å². The molecule has 1 fully saturated rings. The highest BCUT2D eigenvalue weighted by molar-refractivity contribution is 6.33. The van der Waals surface area contributed by atoms with Gasteiger partial charge in [0, 0.05) is 47.7 Å². The third kappa shape index (κ3) is 4.66. The summed E-state index contributed by atoms with van der Waals surface area (Å²) in [7, 11) is 0. The Hall–Kier alpha value is -2.58. The number of anilines is 1. The highest BCUT2D eigenvalue weighted by Crippen LogP contribution is 2.40. The number of aliphatic hydroxyl groups is 1. The van der Waals surface area contributed by atoms with E-state index in [0.29, 0.717) is 42.0 Å². The molecule has 0 unspecified atom stereocenters. The maximum Gasteiger partial charge on any atom is 0.271 e. The molecule has 0 aliphatic carbocycles. The monoisotopic (exact) mass is 514 g/mol. The van der Waals surface area contributed by atoms with Crippen LogP contribution in [0, 0.1) is 5.41 Å². The molecule has 184 valence electrons. The first-order valence-corrected chi connectivity index (χ1v) is 12.4. The van der Waals surface area contributed by atoms with Crippen molar-refractivity contribution in [3.63, 3.8) is 0 Å². The van der Waals surface area contributed by atoms with Gasteiger partial charge in [0.2, 0.25) is 0 Å². The lowest BCUT2D eigenvalue weighted by molar-refractivity contribution is -0.132. The van der Waals surface area contributed by atoms with Gasteiger partial charge in [0.25, 0.3) is 5.91 Å². The van der Waals surface area contributed by atoms with Crippen molar-refractivity contribution < 1.29 is 14.6 Å². The molecule has 1 saturated heterocycles. The smallest absolute Gasteiger partial charge is 0.271 e. The molecule has 0 saturated carbocycles. The van der Waals surface area contributed by atoms with Gasteiger partial charge in [-0.25, -0.2) is 4.98 Å². The van der Waals surface area contributed by atoms with Crippen LogP contribution < -0.4 is 5.32 Å². The minimum atomic E-state index is -0.519. The first-order valence-electron chi connectivity index (χ1n) is 11.7. The van der Waals surface area contributed by atoms with Crippen molar-refractivity contribution in [1.29, 1.82) is 0 Å². The van der Waals surface area contributed by atoms with E-state index < -0.39 is 6.04 Å². The van der Waals surface area contributed by atoms with E-state index in [9.17, 15) is 9.90 Å². The van der Waals surface area contributed by atoms with Crippen molar-refractivity contribution in [1.82, 2.24) is 14.5 Å². The van der Waals surface area contributed by atoms with Crippen LogP contribution >= 0.6 is 23.2 Å². The molecule has 0 bridgehead atoms. The molecule has 3 aromatic rings. The highest BCUT2D eigenvalue weighted by Gasteiger charge is 2.46. The predicted molar refractivity (Wildman–Crippen MR) is 137 cm³/mol. The van der Waals surface area contributed by atoms with E-state index in [1.54, 1.807) is 23.2 Å². The van der Waals surface area contributed by atoms with E-state index in [1.165, 1.54) is 0 Å². The Morgan fingerprint density at radius 1 is 1.20 bits per heavy atom. The number of nitrogens with zero attached hydrogens (tertiary/aromatic N) is 3. The molecule has 1 spiro atoms. The lowest BCUT2D eigenvalue weighted by atomic mass is 9.84. The Labute approximate surface area is 214 Å². The van der Waals surface area contributed by atoms with Crippen LogP contribution in [0.4, 0.5) is 5.82 Å². The average molecular weight is 515 g/mol. The SMILES string of the molecule is CC(C)Nc1cc(-c2cc3n(c2)CC2(COC2)CN([C@H](CO)c2cccc(Cl)c2)C3=O)c(Cl)cn1. The fourth-order valence-corrected chi connectivity index (χ4v) is 5.33. The Kier molecular flexibility index (Phi) is 6.53. The third-order valence-corrected chi connectivity index (χ3v) is 7.13. The first kappa shape index (κ1) is 24.1. The van der Waals surface area contributed by atoms with Crippen molar-refractivity contribution in [2.45, 2.75) is 32.5 Å². The van der Waals surface area contributed by atoms with Crippen LogP contribution in [0.3, 0.4) is 0 Å². The van der Waals surface area contributed by atoms with Crippen molar-refractivity contribution in [3.05, 3.63) is 70.1 Å². The number of pyridine rings is 1. The molecule has 7 nitrogen and oxygen atoms in total. The Bertz CT molecular complexity index is 1260. The number of benzene rings is 1. The minimum Gasteiger partial charge on any atom is -0.394 e. The normalized spacial score (nSPS) is 17.8. The first-order chi connectivity index (χ1) is 16.8. The minimum absolute atomic E-state index is 0.148. The van der Waals surface area contributed by atoms with E-state index in [0.717, 1.165) is 22.5 Å². The molecule has 0 radical (unpaired) electrons. The third-order valence-electron chi connectivity index (χ3n) is 6.59. The highest BCUT2D eigenvalue weighted by atomic mass is 35.5. The lowest BCUT2D eigenvalue weighted by Crippen LogP contribution is -2.53. The maximum absolute atomic E-state index is 13.9. The topological polar surface area (TPSA) is 79.6 Å². The van der Waals surface area contributed by atoms with E-state index in [2.05, 4.69) is 10.3 Å². The summed E-state index contributed by atoms with van der Waals surface area (Å²) in [6, 6.07) is 10.8. The van der Waals surface area contributed by atoms with Crippen LogP contribution in [0.5, 0.6) is 0 Å². The number of nitrogens with one attached hydrogen (secondary N) is 1. The number of carbonyl (C=O) groups excluding carboxylic acids is 1. The molecule has 2 aliphatic rings.